The fourth-order valence-electron chi connectivity index (χ4n) is 8.94. The molecule has 0 atom stereocenters. The van der Waals surface area contributed by atoms with Gasteiger partial charge in [-0.15, -0.1) is 4.33 Å². The number of nitrogens with zero attached hydrogens (tertiary/aromatic N) is 2. The van der Waals surface area contributed by atoms with Crippen molar-refractivity contribution in [2.24, 2.45) is 0 Å². The number of ether oxygens (including phenoxy) is 1. The first-order valence-corrected chi connectivity index (χ1v) is 27.0. The molecule has 2 aliphatic heterocycles. The Morgan fingerprint density at radius 3 is 2.15 bits per heavy atom. The van der Waals surface area contributed by atoms with Crippen molar-refractivity contribution in [3.63, 3.8) is 0 Å². The third-order valence-electron chi connectivity index (χ3n) is 12.3. The van der Waals surface area contributed by atoms with Crippen LogP contribution in [0.3, 0.4) is 0 Å². The van der Waals surface area contributed by atoms with Crippen LogP contribution in [0.4, 0.5) is 11.4 Å². The Hall–Kier alpha value is -4.48. The minimum Gasteiger partial charge on any atom is -0.457 e. The average molecular weight is 1000 g/mol. The smallest absolute Gasteiger partial charge is 0.294 e. The second-order valence-electron chi connectivity index (χ2n) is 17.8. The largest absolute Gasteiger partial charge is 0.457 e. The van der Waals surface area contributed by atoms with E-state index in [2.05, 4.69) is 28.4 Å². The maximum absolute atomic E-state index is 12.3. The van der Waals surface area contributed by atoms with Gasteiger partial charge in [-0.1, -0.05) is 25.0 Å². The molecule has 0 bridgehead atoms. The number of benzene rings is 3. The number of rotatable bonds is 21. The Morgan fingerprint density at radius 1 is 0.791 bits per heavy atom. The summed E-state index contributed by atoms with van der Waals surface area (Å²) in [7, 11) is -13.1. The second-order valence-corrected chi connectivity index (χ2v) is 23.0. The van der Waals surface area contributed by atoms with Gasteiger partial charge in [0.25, 0.3) is 30.4 Å². The van der Waals surface area contributed by atoms with Gasteiger partial charge in [-0.25, -0.2) is 5.26 Å². The quantitative estimate of drug-likeness (QED) is 0.0194. The van der Waals surface area contributed by atoms with Crippen LogP contribution in [0, 0.1) is 0 Å². The number of hydrogen-bond donors (Lipinski definition) is 4. The molecule has 3 aromatic rings. The van der Waals surface area contributed by atoms with E-state index >= 15 is 0 Å². The standard InChI is InChI=1S/C47H56N2O14S4/c1-32(50)12-7-6-8-27-48-42-24-22-38(67(58,59)60)31-40(42)47(4,5)44(48)26-16-34-14-11-13-33(45(34)61-35-17-20-37(21-18-35)66(55,56)57)15-25-43-46(2,3)39-30-36(64-63-62-51)19-23-41(39)49(43)28-9-10-29-65(52,53)54/h15-26,30-31H,6-14,27-29H2,1-5H3,(H3-,51,52,53,54,55,56,57,58,59,60)/p+1. The Kier molecular flexibility index (Phi) is 16.3. The van der Waals surface area contributed by atoms with Gasteiger partial charge in [-0.2, -0.15) is 29.8 Å². The highest BCUT2D eigenvalue weighted by atomic mass is 32.2. The van der Waals surface area contributed by atoms with Gasteiger partial charge in [0.1, 0.15) is 23.8 Å². The van der Waals surface area contributed by atoms with Crippen LogP contribution in [0.25, 0.3) is 0 Å². The molecule has 0 spiro atoms. The minimum atomic E-state index is -4.49. The monoisotopic (exact) mass is 1000 g/mol. The molecule has 0 saturated carbocycles. The lowest BCUT2D eigenvalue weighted by Crippen LogP contribution is -2.28. The molecule has 67 heavy (non-hydrogen) atoms. The number of carbonyl (C=O) groups is 1. The van der Waals surface area contributed by atoms with Gasteiger partial charge in [-0.05, 0) is 149 Å². The van der Waals surface area contributed by atoms with Gasteiger partial charge < -0.3 is 14.4 Å². The molecular formula is C47H57N2O14S4+. The predicted octanol–water partition coefficient (Wildman–Crippen LogP) is 9.48. The molecule has 362 valence electrons. The zero-order chi connectivity index (χ0) is 49.0. The van der Waals surface area contributed by atoms with Crippen molar-refractivity contribution in [1.29, 1.82) is 0 Å². The summed E-state index contributed by atoms with van der Waals surface area (Å²) in [5.74, 6) is 0.572. The first-order valence-electron chi connectivity index (χ1n) is 21.8. The van der Waals surface area contributed by atoms with Gasteiger partial charge >= 0.3 is 0 Å². The predicted molar refractivity (Wildman–Crippen MR) is 254 cm³/mol. The van der Waals surface area contributed by atoms with E-state index in [1.54, 1.807) is 19.1 Å². The normalized spacial score (nSPS) is 18.4. The van der Waals surface area contributed by atoms with Crippen LogP contribution in [0.2, 0.25) is 0 Å². The van der Waals surface area contributed by atoms with Crippen LogP contribution in [0.5, 0.6) is 5.75 Å². The molecular weight excluding hydrogens is 945 g/mol. The molecule has 6 rings (SSSR count). The maximum Gasteiger partial charge on any atom is 0.294 e. The molecule has 20 heteroatoms. The number of allylic oxidation sites excluding steroid dienone is 7. The van der Waals surface area contributed by atoms with Crippen molar-refractivity contribution in [1.82, 2.24) is 0 Å². The van der Waals surface area contributed by atoms with E-state index in [0.29, 0.717) is 60.7 Å². The van der Waals surface area contributed by atoms with Crippen LogP contribution in [-0.4, -0.2) is 79.1 Å². The van der Waals surface area contributed by atoms with Crippen molar-refractivity contribution < 1.29 is 67.6 Å². The number of Topliss-reactive ketones (excluding diaryl/α,β-unsaturated/α-hetero) is 1. The molecule has 0 fully saturated rings. The first kappa shape index (κ1) is 51.9. The molecule has 1 aliphatic carbocycles. The molecule has 2 heterocycles. The third kappa shape index (κ3) is 12.6. The fraction of sp³-hybridized carbons (Fsp3) is 0.404. The number of ketones is 1. The summed E-state index contributed by atoms with van der Waals surface area (Å²) >= 11 is 0.828. The third-order valence-corrected chi connectivity index (χ3v) is 15.4. The summed E-state index contributed by atoms with van der Waals surface area (Å²) in [4.78, 5) is 13.9. The van der Waals surface area contributed by atoms with Crippen LogP contribution in [0.15, 0.2) is 122 Å². The van der Waals surface area contributed by atoms with E-state index in [1.807, 2.05) is 50.3 Å². The van der Waals surface area contributed by atoms with Crippen molar-refractivity contribution >= 4 is 65.3 Å². The highest BCUT2D eigenvalue weighted by Crippen LogP contribution is 2.49. The molecule has 3 aliphatic rings. The number of anilines is 1. The van der Waals surface area contributed by atoms with E-state index < -0.39 is 41.2 Å². The summed E-state index contributed by atoms with van der Waals surface area (Å²) in [5.41, 5.74) is 5.38. The van der Waals surface area contributed by atoms with Gasteiger partial charge in [0, 0.05) is 58.8 Å². The Morgan fingerprint density at radius 2 is 1.49 bits per heavy atom. The molecule has 3 aromatic carbocycles. The minimum absolute atomic E-state index is 0.121. The lowest BCUT2D eigenvalue weighted by Gasteiger charge is -2.27. The SMILES string of the molecule is CC(=O)CCCCC[N+]1=C(/C=C/C2=C(Oc3ccc(S(=O)(=O)O)cc3)C(=C/C=C3/N(CCCCS(=O)(=O)O)c4ccc(SOOO)cc4C3(C)C)/CCC2)C(C)(C)c2cc(S(=O)(=O)O)ccc21. The molecule has 16 nitrogen and oxygen atoms in total. The summed E-state index contributed by atoms with van der Waals surface area (Å²) in [5, 5.41) is 12.6. The van der Waals surface area contributed by atoms with Gasteiger partial charge in [0.15, 0.2) is 5.71 Å². The number of hydrogen-bond acceptors (Lipinski definition) is 13. The highest BCUT2D eigenvalue weighted by molar-refractivity contribution is 7.94. The van der Waals surface area contributed by atoms with Crippen LogP contribution < -0.4 is 9.64 Å². The molecule has 0 unspecified atom stereocenters. The van der Waals surface area contributed by atoms with Crippen LogP contribution in [-0.2, 0) is 55.4 Å². The summed E-state index contributed by atoms with van der Waals surface area (Å²) in [6.45, 7) is 10.6. The van der Waals surface area contributed by atoms with Crippen molar-refractivity contribution in [3.05, 3.63) is 119 Å². The molecule has 0 aromatic heterocycles. The van der Waals surface area contributed by atoms with E-state index in [9.17, 15) is 43.7 Å². The van der Waals surface area contributed by atoms with Crippen molar-refractivity contribution in [2.45, 2.75) is 118 Å². The van der Waals surface area contributed by atoms with Crippen molar-refractivity contribution in [2.75, 3.05) is 23.7 Å². The average Bonchev–Trinajstić information content (AvgIpc) is 3.59. The van der Waals surface area contributed by atoms with Gasteiger partial charge in [-0.3, -0.25) is 13.7 Å². The maximum atomic E-state index is 12.3. The molecule has 0 saturated heterocycles. The first-order chi connectivity index (χ1) is 31.4. The molecule has 0 radical (unpaired) electrons. The topological polar surface area (TPSA) is 234 Å². The Bertz CT molecular complexity index is 2880. The van der Waals surface area contributed by atoms with Crippen LogP contribution in [0.1, 0.15) is 104 Å². The van der Waals surface area contributed by atoms with E-state index in [-0.39, 0.29) is 27.7 Å². The van der Waals surface area contributed by atoms with Crippen molar-refractivity contribution in [3.8, 4) is 5.75 Å². The highest BCUT2D eigenvalue weighted by Gasteiger charge is 2.45. The summed E-state index contributed by atoms with van der Waals surface area (Å²) < 4.78 is 114. The van der Waals surface area contributed by atoms with Gasteiger partial charge in [0.05, 0.1) is 33.0 Å². The number of unbranched alkanes of at least 4 members (excludes halogenated alkanes) is 3. The second kappa shape index (κ2) is 21.0. The molecule has 0 amide bonds. The number of carbonyl (C=O) groups excluding carboxylic acids is 1. The van der Waals surface area contributed by atoms with E-state index in [1.165, 1.54) is 36.4 Å². The lowest BCUT2D eigenvalue weighted by molar-refractivity contribution is -0.438. The summed E-state index contributed by atoms with van der Waals surface area (Å²) in [6, 6.07) is 15.6. The Balaban J connectivity index is 1.46. The zero-order valence-corrected chi connectivity index (χ0v) is 41.2. The van der Waals surface area contributed by atoms with E-state index in [4.69, 9.17) is 14.3 Å². The van der Waals surface area contributed by atoms with E-state index in [0.717, 1.165) is 77.2 Å². The fourth-order valence-corrected chi connectivity index (χ4v) is 10.9. The van der Waals surface area contributed by atoms with Gasteiger partial charge in [0.2, 0.25) is 5.69 Å². The van der Waals surface area contributed by atoms with Crippen LogP contribution >= 0.6 is 12.0 Å². The Labute approximate surface area is 397 Å². The lowest BCUT2D eigenvalue weighted by atomic mass is 9.81. The summed E-state index contributed by atoms with van der Waals surface area (Å²) in [6.07, 6.45) is 13.3. The molecule has 4 N–H and O–H groups in total. The number of fused-ring (bicyclic) bond motifs is 2. The zero-order valence-electron chi connectivity index (χ0n) is 38.0.